The molecule has 0 bridgehead atoms. The first-order valence-electron chi connectivity index (χ1n) is 9.05. The predicted molar refractivity (Wildman–Crippen MR) is 117 cm³/mol. The van der Waals surface area contributed by atoms with Crippen molar-refractivity contribution in [2.75, 3.05) is 36.0 Å². The van der Waals surface area contributed by atoms with Crippen LogP contribution in [0.4, 0.5) is 0 Å². The van der Waals surface area contributed by atoms with Gasteiger partial charge in [-0.2, -0.15) is 0 Å². The molecule has 0 atom stereocenters. The van der Waals surface area contributed by atoms with Crippen LogP contribution >= 0.6 is 35.3 Å². The van der Waals surface area contributed by atoms with Gasteiger partial charge in [0.1, 0.15) is 0 Å². The van der Waals surface area contributed by atoms with Crippen LogP contribution in [0.3, 0.4) is 0 Å². The van der Waals surface area contributed by atoms with Crippen molar-refractivity contribution in [3.05, 3.63) is 0 Å². The molecule has 0 aromatic rings. The molecule has 0 aliphatic heterocycles. The van der Waals surface area contributed by atoms with Gasteiger partial charge in [0, 0.05) is 0 Å². The maximum absolute atomic E-state index is 12.1. The number of unbranched alkanes of at least 4 members (excludes halogenated alkanes) is 5. The van der Waals surface area contributed by atoms with Crippen molar-refractivity contribution in [2.45, 2.75) is 49.9 Å². The van der Waals surface area contributed by atoms with E-state index in [1.165, 1.54) is 41.7 Å². The number of carbonyl (C=O) groups excluding carboxylic acids is 3. The topological polar surface area (TPSA) is 78.9 Å². The Hall–Kier alpha value is 0.259. The summed E-state index contributed by atoms with van der Waals surface area (Å²) >= 11 is -0.716. The summed E-state index contributed by atoms with van der Waals surface area (Å²) in [5, 5.41) is 0. The van der Waals surface area contributed by atoms with Gasteiger partial charge in [0.15, 0.2) is 0 Å². The Bertz CT molecular complexity index is 400. The summed E-state index contributed by atoms with van der Waals surface area (Å²) in [7, 11) is 0. The molecule has 27 heavy (non-hydrogen) atoms. The van der Waals surface area contributed by atoms with E-state index >= 15 is 0 Å². The number of hydrogen-bond acceptors (Lipinski definition) is 9. The molecular formula is C17H32O6S3Sn. The molecule has 0 aliphatic rings. The van der Waals surface area contributed by atoms with E-state index in [0.29, 0.717) is 10.9 Å². The Morgan fingerprint density at radius 2 is 1.04 bits per heavy atom. The van der Waals surface area contributed by atoms with Gasteiger partial charge in [-0.3, -0.25) is 0 Å². The van der Waals surface area contributed by atoms with Gasteiger partial charge in [-0.15, -0.1) is 0 Å². The van der Waals surface area contributed by atoms with Gasteiger partial charge in [0.25, 0.3) is 0 Å². The van der Waals surface area contributed by atoms with Gasteiger partial charge in [0.2, 0.25) is 0 Å². The van der Waals surface area contributed by atoms with E-state index < -0.39 is 37.5 Å². The van der Waals surface area contributed by atoms with Crippen molar-refractivity contribution in [1.82, 2.24) is 0 Å². The quantitative estimate of drug-likeness (QED) is 0.211. The summed E-state index contributed by atoms with van der Waals surface area (Å²) in [5.41, 5.74) is 0. The molecule has 0 amide bonds. The molecule has 0 aromatic heterocycles. The van der Waals surface area contributed by atoms with Crippen molar-refractivity contribution < 1.29 is 23.6 Å². The third-order valence-corrected chi connectivity index (χ3v) is 12.4. The molecule has 0 unspecified atom stereocenters. The van der Waals surface area contributed by atoms with E-state index in [9.17, 15) is 14.4 Å². The summed E-state index contributed by atoms with van der Waals surface area (Å²) in [6.07, 6.45) is 11.5. The molecule has 0 saturated heterocycles. The van der Waals surface area contributed by atoms with Crippen LogP contribution in [0.1, 0.15) is 45.4 Å². The minimum absolute atomic E-state index is 0.134. The predicted octanol–water partition coefficient (Wildman–Crippen LogP) is 4.00. The normalized spacial score (nSPS) is 11.1. The molecule has 0 fully saturated rings. The van der Waals surface area contributed by atoms with Gasteiger partial charge in [-0.25, -0.2) is 0 Å². The second kappa shape index (κ2) is 17.1. The van der Waals surface area contributed by atoms with E-state index in [1.54, 1.807) is 18.8 Å². The van der Waals surface area contributed by atoms with Crippen molar-refractivity contribution in [2.24, 2.45) is 0 Å². The Kier molecular flexibility index (Phi) is 17.3. The second-order valence-electron chi connectivity index (χ2n) is 5.92. The zero-order valence-corrected chi connectivity index (χ0v) is 22.0. The van der Waals surface area contributed by atoms with Gasteiger partial charge in [-0.1, -0.05) is 0 Å². The molecule has 0 rings (SSSR count). The maximum atomic E-state index is 12.1. The van der Waals surface area contributed by atoms with E-state index in [2.05, 4.69) is 6.92 Å². The summed E-state index contributed by atoms with van der Waals surface area (Å²) in [6, 6.07) is 0. The average molecular weight is 547 g/mol. The zero-order valence-electron chi connectivity index (χ0n) is 16.7. The molecule has 6 nitrogen and oxygen atoms in total. The summed E-state index contributed by atoms with van der Waals surface area (Å²) in [6.45, 7) is 2.16. The number of carbonyl (C=O) groups is 3. The minimum atomic E-state index is -4.66. The van der Waals surface area contributed by atoms with Gasteiger partial charge < -0.3 is 0 Å². The van der Waals surface area contributed by atoms with E-state index in [1.807, 2.05) is 0 Å². The summed E-state index contributed by atoms with van der Waals surface area (Å²) in [4.78, 5) is 36.4. The van der Waals surface area contributed by atoms with Gasteiger partial charge in [0.05, 0.1) is 0 Å². The van der Waals surface area contributed by atoms with Crippen LogP contribution in [-0.4, -0.2) is 73.6 Å². The third-order valence-electron chi connectivity index (χ3n) is 3.43. The monoisotopic (exact) mass is 548 g/mol. The van der Waals surface area contributed by atoms with E-state index in [4.69, 9.17) is 9.22 Å². The molecule has 10 heteroatoms. The molecule has 0 radical (unpaired) electrons. The summed E-state index contributed by atoms with van der Waals surface area (Å²) in [5.74, 6) is -1.06. The molecule has 0 N–H and O–H groups in total. The SMILES string of the molecule is CCCCCCC[CH2][Sn]([O]C(=O)CSC)([O]C(=O)CSC)[O]C(=O)CSC. The summed E-state index contributed by atoms with van der Waals surface area (Å²) < 4.78 is 17.1. The van der Waals surface area contributed by atoms with Crippen molar-refractivity contribution in [1.29, 1.82) is 0 Å². The zero-order chi connectivity index (χ0) is 20.5. The van der Waals surface area contributed by atoms with Crippen LogP contribution in [-0.2, 0) is 23.6 Å². The fraction of sp³-hybridized carbons (Fsp3) is 0.824. The van der Waals surface area contributed by atoms with Crippen LogP contribution in [0.2, 0.25) is 4.44 Å². The third kappa shape index (κ3) is 14.0. The molecule has 0 saturated carbocycles. The van der Waals surface area contributed by atoms with Gasteiger partial charge >= 0.3 is 182 Å². The molecular weight excluding hydrogens is 515 g/mol. The Labute approximate surface area is 181 Å². The van der Waals surface area contributed by atoms with Crippen LogP contribution < -0.4 is 0 Å². The van der Waals surface area contributed by atoms with E-state index in [-0.39, 0.29) is 17.3 Å². The molecule has 0 spiro atoms. The average Bonchev–Trinajstić information content (AvgIpc) is 2.58. The number of rotatable bonds is 16. The second-order valence-corrected chi connectivity index (χ2v) is 15.6. The molecule has 158 valence electrons. The van der Waals surface area contributed by atoms with Crippen molar-refractivity contribution in [3.63, 3.8) is 0 Å². The first-order valence-corrected chi connectivity index (χ1v) is 18.7. The number of hydrogen-bond donors (Lipinski definition) is 0. The van der Waals surface area contributed by atoms with Crippen LogP contribution in [0.5, 0.6) is 0 Å². The first kappa shape index (κ1) is 27.3. The van der Waals surface area contributed by atoms with Crippen LogP contribution in [0.25, 0.3) is 0 Å². The molecule has 0 heterocycles. The first-order chi connectivity index (χ1) is 12.9. The Morgan fingerprint density at radius 1 is 0.667 bits per heavy atom. The molecule has 0 aromatic carbocycles. The van der Waals surface area contributed by atoms with Crippen molar-refractivity contribution in [3.8, 4) is 0 Å². The standard InChI is InChI=1S/C8H17.3C3H6O2S.Sn/c1-3-5-7-8-6-4-2;3*1-6-2-3(4)5;/h1,3-8H2,2H3;3*2H2,1H3,(H,4,5);/q;;;;+3/p-3. The Morgan fingerprint density at radius 3 is 1.41 bits per heavy atom. The van der Waals surface area contributed by atoms with Crippen LogP contribution in [0, 0.1) is 0 Å². The van der Waals surface area contributed by atoms with Crippen molar-refractivity contribution >= 4 is 72.8 Å². The fourth-order valence-corrected chi connectivity index (χ4v) is 10.8. The van der Waals surface area contributed by atoms with Crippen LogP contribution in [0.15, 0.2) is 0 Å². The molecule has 0 aliphatic carbocycles. The fourth-order valence-electron chi connectivity index (χ4n) is 2.30. The van der Waals surface area contributed by atoms with Gasteiger partial charge in [-0.05, 0) is 0 Å². The number of thioether (sulfide) groups is 3. The van der Waals surface area contributed by atoms with E-state index in [0.717, 1.165) is 25.7 Å². The Balaban J connectivity index is 5.18.